The number of nitrogens with one attached hydrogen (secondary N) is 2. The van der Waals surface area contributed by atoms with Crippen molar-refractivity contribution in [3.05, 3.63) is 53.6 Å². The van der Waals surface area contributed by atoms with E-state index < -0.39 is 0 Å². The second-order valence-electron chi connectivity index (χ2n) is 5.21. The van der Waals surface area contributed by atoms with Gasteiger partial charge in [0.2, 0.25) is 6.41 Å². The van der Waals surface area contributed by atoms with Crippen LogP contribution >= 0.6 is 0 Å². The van der Waals surface area contributed by atoms with Crippen molar-refractivity contribution in [2.75, 3.05) is 29.6 Å². The zero-order chi connectivity index (χ0) is 16.1. The van der Waals surface area contributed by atoms with Gasteiger partial charge in [0.25, 0.3) is 5.91 Å². The van der Waals surface area contributed by atoms with Crippen LogP contribution in [0.3, 0.4) is 0 Å². The molecule has 2 amide bonds. The molecule has 0 radical (unpaired) electrons. The average molecular weight is 297 g/mol. The van der Waals surface area contributed by atoms with Crippen molar-refractivity contribution in [3.8, 4) is 0 Å². The topological polar surface area (TPSA) is 61.4 Å². The molecule has 0 aromatic heterocycles. The molecule has 2 aromatic rings. The molecule has 0 saturated heterocycles. The van der Waals surface area contributed by atoms with Crippen LogP contribution in [0.1, 0.15) is 15.9 Å². The maximum atomic E-state index is 12.4. The van der Waals surface area contributed by atoms with Crippen LogP contribution in [-0.2, 0) is 4.79 Å². The van der Waals surface area contributed by atoms with Gasteiger partial charge in [0, 0.05) is 25.5 Å². The maximum Gasteiger partial charge on any atom is 0.257 e. The number of aryl methyl sites for hydroxylation is 1. The van der Waals surface area contributed by atoms with Crippen LogP contribution in [0.2, 0.25) is 0 Å². The highest BCUT2D eigenvalue weighted by Crippen LogP contribution is 2.21. The Kier molecular flexibility index (Phi) is 4.78. The first kappa shape index (κ1) is 15.6. The molecule has 2 N–H and O–H groups in total. The van der Waals surface area contributed by atoms with Crippen molar-refractivity contribution in [2.24, 2.45) is 0 Å². The highest BCUT2D eigenvalue weighted by atomic mass is 16.2. The molecule has 5 heteroatoms. The van der Waals surface area contributed by atoms with Crippen molar-refractivity contribution >= 4 is 29.4 Å². The minimum absolute atomic E-state index is 0.264. The van der Waals surface area contributed by atoms with Crippen LogP contribution in [0.4, 0.5) is 17.1 Å². The third-order valence-electron chi connectivity index (χ3n) is 3.25. The molecular weight excluding hydrogens is 278 g/mol. The number of amides is 2. The summed E-state index contributed by atoms with van der Waals surface area (Å²) in [5.74, 6) is -0.264. The normalized spacial score (nSPS) is 9.95. The van der Waals surface area contributed by atoms with Crippen LogP contribution in [-0.4, -0.2) is 26.4 Å². The predicted molar refractivity (Wildman–Crippen MR) is 89.6 cm³/mol. The van der Waals surface area contributed by atoms with Crippen molar-refractivity contribution in [2.45, 2.75) is 6.92 Å². The number of carbonyl (C=O) groups excluding carboxylic acids is 2. The van der Waals surface area contributed by atoms with Gasteiger partial charge >= 0.3 is 0 Å². The van der Waals surface area contributed by atoms with Gasteiger partial charge < -0.3 is 15.5 Å². The van der Waals surface area contributed by atoms with Gasteiger partial charge in [-0.2, -0.15) is 0 Å². The molecule has 0 heterocycles. The number of hydrogen-bond acceptors (Lipinski definition) is 3. The van der Waals surface area contributed by atoms with Crippen molar-refractivity contribution in [1.29, 1.82) is 0 Å². The number of rotatable bonds is 5. The Morgan fingerprint density at radius 3 is 2.59 bits per heavy atom. The van der Waals surface area contributed by atoms with Gasteiger partial charge in [0.05, 0.1) is 11.3 Å². The van der Waals surface area contributed by atoms with Crippen molar-refractivity contribution in [3.63, 3.8) is 0 Å². The van der Waals surface area contributed by atoms with E-state index in [0.717, 1.165) is 11.3 Å². The van der Waals surface area contributed by atoms with Crippen molar-refractivity contribution in [1.82, 2.24) is 0 Å². The van der Waals surface area contributed by atoms with E-state index in [2.05, 4.69) is 10.6 Å². The highest BCUT2D eigenvalue weighted by Gasteiger charge is 2.12. The summed E-state index contributed by atoms with van der Waals surface area (Å²) < 4.78 is 0. The number of benzene rings is 2. The van der Waals surface area contributed by atoms with Gasteiger partial charge in [0.1, 0.15) is 0 Å². The van der Waals surface area contributed by atoms with Gasteiger partial charge in [-0.05, 0) is 42.8 Å². The second-order valence-corrected chi connectivity index (χ2v) is 5.21. The highest BCUT2D eigenvalue weighted by molar-refractivity contribution is 6.09. The summed E-state index contributed by atoms with van der Waals surface area (Å²) in [6.07, 6.45) is 0.568. The van der Waals surface area contributed by atoms with Crippen LogP contribution in [0.5, 0.6) is 0 Å². The summed E-state index contributed by atoms with van der Waals surface area (Å²) in [7, 11) is 3.88. The molecule has 0 fully saturated rings. The fourth-order valence-corrected chi connectivity index (χ4v) is 2.10. The van der Waals surface area contributed by atoms with E-state index in [0.29, 0.717) is 23.3 Å². The number of carbonyl (C=O) groups is 2. The summed E-state index contributed by atoms with van der Waals surface area (Å²) in [4.78, 5) is 25.1. The summed E-state index contributed by atoms with van der Waals surface area (Å²) in [5.41, 5.74) is 3.58. The molecule has 0 aliphatic carbocycles. The zero-order valence-corrected chi connectivity index (χ0v) is 12.9. The molecule has 0 unspecified atom stereocenters. The van der Waals surface area contributed by atoms with Gasteiger partial charge in [-0.15, -0.1) is 0 Å². The van der Waals surface area contributed by atoms with E-state index in [9.17, 15) is 9.59 Å². The lowest BCUT2D eigenvalue weighted by Gasteiger charge is -2.15. The van der Waals surface area contributed by atoms with Crippen LogP contribution in [0, 0.1) is 6.92 Å². The van der Waals surface area contributed by atoms with Crippen molar-refractivity contribution < 1.29 is 9.59 Å². The fourth-order valence-electron chi connectivity index (χ4n) is 2.10. The molecule has 2 aromatic carbocycles. The van der Waals surface area contributed by atoms with E-state index in [1.807, 2.05) is 56.3 Å². The minimum atomic E-state index is -0.264. The number of nitrogens with zero attached hydrogens (tertiary/aromatic N) is 1. The lowest BCUT2D eigenvalue weighted by atomic mass is 10.1. The number of hydrogen-bond donors (Lipinski definition) is 2. The first-order valence-corrected chi connectivity index (χ1v) is 6.91. The zero-order valence-electron chi connectivity index (χ0n) is 12.9. The SMILES string of the molecule is Cc1ccc(C(=O)Nc2cccc(N(C)C)c2)c(NC=O)c1. The summed E-state index contributed by atoms with van der Waals surface area (Å²) in [6, 6.07) is 12.9. The summed E-state index contributed by atoms with van der Waals surface area (Å²) in [6.45, 7) is 1.90. The number of anilines is 3. The molecule has 5 nitrogen and oxygen atoms in total. The lowest BCUT2D eigenvalue weighted by Crippen LogP contribution is -2.15. The molecule has 2 rings (SSSR count). The molecule has 0 aliphatic rings. The molecule has 22 heavy (non-hydrogen) atoms. The standard InChI is InChI=1S/C17H19N3O2/c1-12-7-8-15(16(9-12)18-11-21)17(22)19-13-5-4-6-14(10-13)20(2)3/h4-11H,1-3H3,(H,18,21)(H,19,22). The molecule has 0 atom stereocenters. The van der Waals surface area contributed by atoms with Crippen LogP contribution < -0.4 is 15.5 Å². The first-order chi connectivity index (χ1) is 10.5. The average Bonchev–Trinajstić information content (AvgIpc) is 2.48. The molecule has 114 valence electrons. The second kappa shape index (κ2) is 6.76. The van der Waals surface area contributed by atoms with E-state index in [-0.39, 0.29) is 5.91 Å². The van der Waals surface area contributed by atoms with E-state index in [1.54, 1.807) is 12.1 Å². The predicted octanol–water partition coefficient (Wildman–Crippen LogP) is 2.88. The van der Waals surface area contributed by atoms with E-state index in [1.165, 1.54) is 0 Å². The van der Waals surface area contributed by atoms with Crippen LogP contribution in [0.25, 0.3) is 0 Å². The van der Waals surface area contributed by atoms with Gasteiger partial charge in [-0.25, -0.2) is 0 Å². The molecule has 0 spiro atoms. The Hall–Kier alpha value is -2.82. The Morgan fingerprint density at radius 2 is 1.91 bits per heavy atom. The Labute approximate surface area is 129 Å². The lowest BCUT2D eigenvalue weighted by molar-refractivity contribution is -0.105. The summed E-state index contributed by atoms with van der Waals surface area (Å²) >= 11 is 0. The minimum Gasteiger partial charge on any atom is -0.378 e. The third-order valence-corrected chi connectivity index (χ3v) is 3.25. The fraction of sp³-hybridized carbons (Fsp3) is 0.176. The van der Waals surface area contributed by atoms with E-state index >= 15 is 0 Å². The molecule has 0 bridgehead atoms. The van der Waals surface area contributed by atoms with Crippen LogP contribution in [0.15, 0.2) is 42.5 Å². The summed E-state index contributed by atoms with van der Waals surface area (Å²) in [5, 5.41) is 5.41. The third kappa shape index (κ3) is 3.63. The Morgan fingerprint density at radius 1 is 1.14 bits per heavy atom. The largest absolute Gasteiger partial charge is 0.378 e. The van der Waals surface area contributed by atoms with Gasteiger partial charge in [-0.3, -0.25) is 9.59 Å². The Balaban J connectivity index is 2.25. The van der Waals surface area contributed by atoms with Gasteiger partial charge in [-0.1, -0.05) is 12.1 Å². The molecule has 0 aliphatic heterocycles. The monoisotopic (exact) mass is 297 g/mol. The molecule has 0 saturated carbocycles. The van der Waals surface area contributed by atoms with E-state index in [4.69, 9.17) is 0 Å². The Bertz CT molecular complexity index is 696. The van der Waals surface area contributed by atoms with Gasteiger partial charge in [0.15, 0.2) is 0 Å². The maximum absolute atomic E-state index is 12.4. The smallest absolute Gasteiger partial charge is 0.257 e. The molecular formula is C17H19N3O2. The quantitative estimate of drug-likeness (QED) is 0.834. The first-order valence-electron chi connectivity index (χ1n) is 6.91.